The second-order valence-electron chi connectivity index (χ2n) is 5.16. The quantitative estimate of drug-likeness (QED) is 0.596. The Morgan fingerprint density at radius 3 is 2.57 bits per heavy atom. The number of hydrogen-bond donors (Lipinski definition) is 1. The van der Waals surface area contributed by atoms with Gasteiger partial charge in [0.1, 0.15) is 0 Å². The van der Waals surface area contributed by atoms with Crippen LogP contribution < -0.4 is 0 Å². The lowest BCUT2D eigenvalue weighted by Crippen LogP contribution is -2.47. The van der Waals surface area contributed by atoms with Gasteiger partial charge < -0.3 is 9.64 Å². The van der Waals surface area contributed by atoms with Crippen molar-refractivity contribution >= 4 is 17.3 Å². The van der Waals surface area contributed by atoms with Gasteiger partial charge in [0.15, 0.2) is 0 Å². The monoisotopic (exact) mass is 308 g/mol. The molecule has 0 spiro atoms. The first-order valence-corrected chi connectivity index (χ1v) is 7.28. The molecule has 0 saturated carbocycles. The second kappa shape index (κ2) is 6.93. The molecule has 0 bridgehead atoms. The number of nitrogens with zero attached hydrogens (tertiary/aromatic N) is 4. The molecule has 0 radical (unpaired) electrons. The zero-order valence-corrected chi connectivity index (χ0v) is 13.2. The number of thiocarbonyl (C=S) groups is 1. The Morgan fingerprint density at radius 1 is 1.29 bits per heavy atom. The molecule has 0 aromatic carbocycles. The lowest BCUT2D eigenvalue weighted by Gasteiger charge is -2.35. The molecule has 6 nitrogen and oxygen atoms in total. The lowest BCUT2D eigenvalue weighted by molar-refractivity contribution is -0.0477. The highest BCUT2D eigenvalue weighted by atomic mass is 32.1. The zero-order valence-electron chi connectivity index (χ0n) is 12.4. The average Bonchev–Trinajstić information content (AvgIpc) is 2.43. The summed E-state index contributed by atoms with van der Waals surface area (Å²) in [6.45, 7) is 7.23. The standard InChI is InChI=1S/C14H20N4O2S/c1-10-8-17(9-11(2)20-10)14(21)16-15-12(3)13-6-4-5-7-18(13)19/h4-7,10-11,19H,8-9H2,1-3H3. The largest absolute Gasteiger partial charge is 0.372 e. The van der Waals surface area contributed by atoms with Crippen molar-refractivity contribution < 1.29 is 9.94 Å². The summed E-state index contributed by atoms with van der Waals surface area (Å²) in [5.41, 5.74) is 1.17. The Balaban J connectivity index is 2.03. The highest BCUT2D eigenvalue weighted by Crippen LogP contribution is 2.17. The van der Waals surface area contributed by atoms with Crippen LogP contribution in [0.2, 0.25) is 0 Å². The van der Waals surface area contributed by atoms with E-state index in [4.69, 9.17) is 17.0 Å². The van der Waals surface area contributed by atoms with Gasteiger partial charge in [0.25, 0.3) is 0 Å². The summed E-state index contributed by atoms with van der Waals surface area (Å²) in [4.78, 5) is 1.99. The minimum absolute atomic E-state index is 0.126. The van der Waals surface area contributed by atoms with Gasteiger partial charge >= 0.3 is 0 Å². The summed E-state index contributed by atoms with van der Waals surface area (Å²) >= 11 is 5.31. The van der Waals surface area contributed by atoms with E-state index in [0.717, 1.165) is 5.06 Å². The Labute approximate surface area is 130 Å². The third-order valence-electron chi connectivity index (χ3n) is 3.19. The molecular weight excluding hydrogens is 288 g/mol. The molecule has 2 aliphatic rings. The number of hydrogen-bond acceptors (Lipinski definition) is 5. The minimum Gasteiger partial charge on any atom is -0.372 e. The van der Waals surface area contributed by atoms with Crippen LogP contribution in [0.3, 0.4) is 0 Å². The van der Waals surface area contributed by atoms with Crippen LogP contribution in [0.4, 0.5) is 0 Å². The van der Waals surface area contributed by atoms with Crippen molar-refractivity contribution in [2.24, 2.45) is 10.2 Å². The molecule has 1 N–H and O–H groups in total. The van der Waals surface area contributed by atoms with E-state index in [2.05, 4.69) is 10.2 Å². The molecule has 1 saturated heterocycles. The molecule has 1 fully saturated rings. The fourth-order valence-corrected chi connectivity index (χ4v) is 2.48. The van der Waals surface area contributed by atoms with Gasteiger partial charge in [-0.1, -0.05) is 6.08 Å². The van der Waals surface area contributed by atoms with E-state index < -0.39 is 0 Å². The first-order chi connectivity index (χ1) is 9.97. The number of ether oxygens (including phenoxy) is 1. The van der Waals surface area contributed by atoms with E-state index >= 15 is 0 Å². The van der Waals surface area contributed by atoms with Gasteiger partial charge in [0, 0.05) is 19.3 Å². The Bertz CT molecular complexity index is 517. The molecule has 0 aromatic heterocycles. The zero-order chi connectivity index (χ0) is 15.4. The summed E-state index contributed by atoms with van der Waals surface area (Å²) in [7, 11) is 0. The van der Waals surface area contributed by atoms with Gasteiger partial charge in [-0.25, -0.2) is 5.06 Å². The number of rotatable bonds is 1. The molecule has 2 atom stereocenters. The van der Waals surface area contributed by atoms with Crippen molar-refractivity contribution in [1.82, 2.24) is 9.96 Å². The van der Waals surface area contributed by atoms with Crippen LogP contribution in [0.5, 0.6) is 0 Å². The van der Waals surface area contributed by atoms with Gasteiger partial charge in [-0.15, -0.1) is 5.11 Å². The van der Waals surface area contributed by atoms with E-state index in [1.165, 1.54) is 6.20 Å². The molecule has 0 aliphatic carbocycles. The van der Waals surface area contributed by atoms with Crippen molar-refractivity contribution in [3.63, 3.8) is 0 Å². The fourth-order valence-electron chi connectivity index (χ4n) is 2.29. The summed E-state index contributed by atoms with van der Waals surface area (Å²) in [5.74, 6) is 0. The smallest absolute Gasteiger partial charge is 0.216 e. The predicted octanol–water partition coefficient (Wildman–Crippen LogP) is 2.84. The number of hydroxylamine groups is 2. The van der Waals surface area contributed by atoms with Gasteiger partial charge in [-0.05, 0) is 45.1 Å². The lowest BCUT2D eigenvalue weighted by atomic mass is 10.2. The maximum Gasteiger partial charge on any atom is 0.216 e. The maximum atomic E-state index is 9.70. The molecule has 114 valence electrons. The van der Waals surface area contributed by atoms with E-state index in [9.17, 15) is 5.21 Å². The van der Waals surface area contributed by atoms with Gasteiger partial charge in [0.2, 0.25) is 5.11 Å². The van der Waals surface area contributed by atoms with Gasteiger partial charge in [-0.3, -0.25) is 5.21 Å². The molecular formula is C14H20N4O2S. The number of morpholine rings is 1. The van der Waals surface area contributed by atoms with Crippen LogP contribution in [0.25, 0.3) is 0 Å². The first kappa shape index (κ1) is 15.8. The van der Waals surface area contributed by atoms with Crippen molar-refractivity contribution in [1.29, 1.82) is 0 Å². The topological polar surface area (TPSA) is 60.7 Å². The Kier molecular flexibility index (Phi) is 5.22. The molecule has 2 rings (SSSR count). The SMILES string of the molecule is CC(N=NC(=S)N1CC(C)OC(C)C1)=C1C=CC=CN1O. The van der Waals surface area contributed by atoms with E-state index in [-0.39, 0.29) is 12.2 Å². The molecule has 21 heavy (non-hydrogen) atoms. The maximum absolute atomic E-state index is 9.70. The highest BCUT2D eigenvalue weighted by Gasteiger charge is 2.23. The van der Waals surface area contributed by atoms with Crippen LogP contribution in [0.15, 0.2) is 46.1 Å². The minimum atomic E-state index is 0.126. The average molecular weight is 308 g/mol. The molecule has 2 unspecified atom stereocenters. The predicted molar refractivity (Wildman–Crippen MR) is 83.6 cm³/mol. The summed E-state index contributed by atoms with van der Waals surface area (Å²) in [5, 5.41) is 19.4. The van der Waals surface area contributed by atoms with Crippen LogP contribution >= 0.6 is 12.2 Å². The molecule has 7 heteroatoms. The van der Waals surface area contributed by atoms with Gasteiger partial charge in [-0.2, -0.15) is 5.11 Å². The third kappa shape index (κ3) is 4.20. The van der Waals surface area contributed by atoms with Crippen molar-refractivity contribution in [3.8, 4) is 0 Å². The van der Waals surface area contributed by atoms with Gasteiger partial charge in [0.05, 0.1) is 23.6 Å². The molecule has 0 aromatic rings. The summed E-state index contributed by atoms with van der Waals surface area (Å²) in [6, 6.07) is 0. The van der Waals surface area contributed by atoms with Crippen LogP contribution in [0, 0.1) is 0 Å². The van der Waals surface area contributed by atoms with Crippen LogP contribution in [-0.4, -0.2) is 45.6 Å². The van der Waals surface area contributed by atoms with Crippen molar-refractivity contribution in [3.05, 3.63) is 35.8 Å². The van der Waals surface area contributed by atoms with Crippen molar-refractivity contribution in [2.75, 3.05) is 13.1 Å². The van der Waals surface area contributed by atoms with E-state index in [0.29, 0.717) is 29.6 Å². The second-order valence-corrected chi connectivity index (χ2v) is 5.53. The van der Waals surface area contributed by atoms with E-state index in [1.54, 1.807) is 19.1 Å². The van der Waals surface area contributed by atoms with Crippen molar-refractivity contribution in [2.45, 2.75) is 33.0 Å². The normalized spacial score (nSPS) is 28.4. The molecule has 2 heterocycles. The Hall–Kier alpha value is -1.57. The summed E-state index contributed by atoms with van der Waals surface area (Å²) in [6.07, 6.45) is 7.11. The summed E-state index contributed by atoms with van der Waals surface area (Å²) < 4.78 is 5.66. The fraction of sp³-hybridized carbons (Fsp3) is 0.500. The van der Waals surface area contributed by atoms with Crippen LogP contribution in [0.1, 0.15) is 20.8 Å². The first-order valence-electron chi connectivity index (χ1n) is 6.87. The highest BCUT2D eigenvalue weighted by molar-refractivity contribution is 7.80. The van der Waals surface area contributed by atoms with E-state index in [1.807, 2.05) is 24.8 Å². The molecule has 0 amide bonds. The molecule has 2 aliphatic heterocycles. The number of azo groups is 1. The Morgan fingerprint density at radius 2 is 1.95 bits per heavy atom. The van der Waals surface area contributed by atoms with Crippen LogP contribution in [-0.2, 0) is 4.74 Å². The number of allylic oxidation sites excluding steroid dienone is 4. The third-order valence-corrected chi connectivity index (χ3v) is 3.53.